The highest BCUT2D eigenvalue weighted by atomic mass is 16.5. The van der Waals surface area contributed by atoms with Gasteiger partial charge in [-0.05, 0) is 29.8 Å². The third kappa shape index (κ3) is 2.68. The van der Waals surface area contributed by atoms with Crippen LogP contribution in [0.3, 0.4) is 0 Å². The van der Waals surface area contributed by atoms with Crippen molar-refractivity contribution >= 4 is 33.5 Å². The number of aryl methyl sites for hydroxylation is 1. The van der Waals surface area contributed by atoms with Gasteiger partial charge >= 0.3 is 0 Å². The summed E-state index contributed by atoms with van der Waals surface area (Å²) >= 11 is 0. The number of aliphatic hydroxyl groups excluding tert-OH is 1. The van der Waals surface area contributed by atoms with Gasteiger partial charge in [0, 0.05) is 30.6 Å². The van der Waals surface area contributed by atoms with Crippen LogP contribution in [0.15, 0.2) is 42.6 Å². The average Bonchev–Trinajstić information content (AvgIpc) is 3.36. The SMILES string of the molecule is CN(C(=O)c1ccc2nc(N)c3cnn(C)c3c2c1)C1COc2cc(CO)ccc21. The molecule has 30 heavy (non-hydrogen) atoms. The summed E-state index contributed by atoms with van der Waals surface area (Å²) in [5.41, 5.74) is 9.90. The molecular formula is C22H21N5O3. The second-order valence-corrected chi connectivity index (χ2v) is 7.53. The molecule has 5 rings (SSSR count). The van der Waals surface area contributed by atoms with Crippen LogP contribution >= 0.6 is 0 Å². The second-order valence-electron chi connectivity index (χ2n) is 7.53. The van der Waals surface area contributed by atoms with Gasteiger partial charge in [-0.15, -0.1) is 0 Å². The van der Waals surface area contributed by atoms with E-state index in [0.29, 0.717) is 29.3 Å². The van der Waals surface area contributed by atoms with Gasteiger partial charge in [0.05, 0.1) is 35.3 Å². The highest BCUT2D eigenvalue weighted by molar-refractivity contribution is 6.10. The monoisotopic (exact) mass is 403 g/mol. The van der Waals surface area contributed by atoms with Crippen molar-refractivity contribution in [1.82, 2.24) is 19.7 Å². The van der Waals surface area contributed by atoms with E-state index in [0.717, 1.165) is 27.4 Å². The summed E-state index contributed by atoms with van der Waals surface area (Å²) in [6, 6.07) is 10.8. The Labute approximate surface area is 172 Å². The highest BCUT2D eigenvalue weighted by Crippen LogP contribution is 2.37. The van der Waals surface area contributed by atoms with E-state index in [2.05, 4.69) is 10.1 Å². The molecule has 1 aliphatic rings. The maximum atomic E-state index is 13.3. The van der Waals surface area contributed by atoms with Crippen LogP contribution < -0.4 is 10.5 Å². The minimum Gasteiger partial charge on any atom is -0.491 e. The highest BCUT2D eigenvalue weighted by Gasteiger charge is 2.31. The molecule has 1 amide bonds. The summed E-state index contributed by atoms with van der Waals surface area (Å²) in [5.74, 6) is 1.02. The predicted octanol–water partition coefficient (Wildman–Crippen LogP) is 2.40. The first kappa shape index (κ1) is 18.4. The lowest BCUT2D eigenvalue weighted by Gasteiger charge is -2.24. The van der Waals surface area contributed by atoms with Gasteiger partial charge in [0.1, 0.15) is 18.2 Å². The van der Waals surface area contributed by atoms with Gasteiger partial charge in [-0.2, -0.15) is 5.10 Å². The normalized spacial score (nSPS) is 15.4. The lowest BCUT2D eigenvalue weighted by Crippen LogP contribution is -2.32. The van der Waals surface area contributed by atoms with Crippen LogP contribution in [0.2, 0.25) is 0 Å². The van der Waals surface area contributed by atoms with E-state index in [4.69, 9.17) is 10.5 Å². The summed E-state index contributed by atoms with van der Waals surface area (Å²) < 4.78 is 7.51. The zero-order valence-corrected chi connectivity index (χ0v) is 16.7. The number of pyridine rings is 1. The van der Waals surface area contributed by atoms with Gasteiger partial charge in [0.2, 0.25) is 0 Å². The Morgan fingerprint density at radius 1 is 1.30 bits per heavy atom. The molecule has 0 saturated carbocycles. The number of benzene rings is 2. The Bertz CT molecular complexity index is 1310. The van der Waals surface area contributed by atoms with Crippen molar-refractivity contribution in [3.05, 3.63) is 59.3 Å². The smallest absolute Gasteiger partial charge is 0.254 e. The first-order valence-electron chi connectivity index (χ1n) is 9.62. The Kier molecular flexibility index (Phi) is 4.11. The molecule has 3 N–H and O–H groups in total. The summed E-state index contributed by atoms with van der Waals surface area (Å²) in [5, 5.41) is 15.2. The number of rotatable bonds is 3. The molecule has 0 aliphatic carbocycles. The predicted molar refractivity (Wildman–Crippen MR) is 113 cm³/mol. The zero-order chi connectivity index (χ0) is 21.0. The number of anilines is 1. The number of nitrogens with two attached hydrogens (primary N) is 1. The topological polar surface area (TPSA) is 106 Å². The number of carbonyl (C=O) groups excluding carboxylic acids is 1. The van der Waals surface area contributed by atoms with Crippen molar-refractivity contribution in [2.75, 3.05) is 19.4 Å². The molecule has 2 aromatic heterocycles. The molecule has 4 aromatic rings. The Balaban J connectivity index is 1.53. The minimum absolute atomic E-state index is 0.0474. The first-order valence-corrected chi connectivity index (χ1v) is 9.62. The number of nitrogens with zero attached hydrogens (tertiary/aromatic N) is 4. The van der Waals surface area contributed by atoms with Gasteiger partial charge < -0.3 is 20.5 Å². The fourth-order valence-electron chi connectivity index (χ4n) is 4.09. The number of ether oxygens (including phenoxy) is 1. The number of hydrogen-bond acceptors (Lipinski definition) is 6. The van der Waals surface area contributed by atoms with Gasteiger partial charge in [-0.1, -0.05) is 12.1 Å². The maximum absolute atomic E-state index is 13.3. The van der Waals surface area contributed by atoms with Crippen LogP contribution in [-0.2, 0) is 13.7 Å². The van der Waals surface area contributed by atoms with Gasteiger partial charge in [-0.25, -0.2) is 4.98 Å². The number of hydrogen-bond donors (Lipinski definition) is 2. The van der Waals surface area contributed by atoms with Crippen LogP contribution in [0.25, 0.3) is 21.8 Å². The molecule has 1 unspecified atom stereocenters. The molecule has 0 radical (unpaired) electrons. The van der Waals surface area contributed by atoms with E-state index >= 15 is 0 Å². The van der Waals surface area contributed by atoms with Crippen LogP contribution in [0.1, 0.15) is 27.5 Å². The van der Waals surface area contributed by atoms with Gasteiger partial charge in [-0.3, -0.25) is 9.48 Å². The third-order valence-corrected chi connectivity index (χ3v) is 5.76. The number of likely N-dealkylation sites (N-methyl/N-ethyl adjacent to an activating group) is 1. The number of amides is 1. The summed E-state index contributed by atoms with van der Waals surface area (Å²) in [6.07, 6.45) is 1.69. The Hall–Kier alpha value is -3.65. The van der Waals surface area contributed by atoms with Crippen LogP contribution in [0, 0.1) is 0 Å². The second kappa shape index (κ2) is 6.70. The van der Waals surface area contributed by atoms with E-state index in [9.17, 15) is 9.90 Å². The largest absolute Gasteiger partial charge is 0.491 e. The molecule has 1 atom stereocenters. The molecule has 152 valence electrons. The molecule has 0 fully saturated rings. The summed E-state index contributed by atoms with van der Waals surface area (Å²) in [7, 11) is 3.62. The molecule has 8 nitrogen and oxygen atoms in total. The van der Waals surface area contributed by atoms with E-state index < -0.39 is 0 Å². The molecule has 0 spiro atoms. The van der Waals surface area contributed by atoms with Crippen molar-refractivity contribution in [1.29, 1.82) is 0 Å². The summed E-state index contributed by atoms with van der Waals surface area (Å²) in [4.78, 5) is 19.4. The van der Waals surface area contributed by atoms with Gasteiger partial charge in [0.25, 0.3) is 5.91 Å². The lowest BCUT2D eigenvalue weighted by atomic mass is 10.0. The number of aromatic nitrogens is 3. The van der Waals surface area contributed by atoms with Crippen molar-refractivity contribution < 1.29 is 14.6 Å². The molecule has 3 heterocycles. The molecular weight excluding hydrogens is 382 g/mol. The van der Waals surface area contributed by atoms with Crippen LogP contribution in [0.4, 0.5) is 5.82 Å². The van der Waals surface area contributed by atoms with Crippen molar-refractivity contribution in [2.24, 2.45) is 7.05 Å². The number of carbonyl (C=O) groups is 1. The number of aliphatic hydroxyl groups is 1. The van der Waals surface area contributed by atoms with Crippen molar-refractivity contribution in [3.63, 3.8) is 0 Å². The third-order valence-electron chi connectivity index (χ3n) is 5.76. The quantitative estimate of drug-likeness (QED) is 0.544. The van der Waals surface area contributed by atoms with Gasteiger partial charge in [0.15, 0.2) is 0 Å². The fourth-order valence-corrected chi connectivity index (χ4v) is 4.09. The standard InChI is InChI=1S/C22H21N5O3/c1-26(18-11-30-19-7-12(10-28)3-5-14(18)19)22(29)13-4-6-17-15(8-13)20-16(21(23)25-17)9-24-27(20)2/h3-9,18,28H,10-11H2,1-2H3,(H2,23,25). The molecule has 2 aromatic carbocycles. The van der Waals surface area contributed by atoms with E-state index in [1.165, 1.54) is 0 Å². The summed E-state index contributed by atoms with van der Waals surface area (Å²) in [6.45, 7) is 0.332. The van der Waals surface area contributed by atoms with E-state index in [1.807, 2.05) is 37.4 Å². The first-order chi connectivity index (χ1) is 14.5. The van der Waals surface area contributed by atoms with Crippen molar-refractivity contribution in [3.8, 4) is 5.75 Å². The Morgan fingerprint density at radius 3 is 2.93 bits per heavy atom. The Morgan fingerprint density at radius 2 is 2.13 bits per heavy atom. The molecule has 0 saturated heterocycles. The van der Waals surface area contributed by atoms with E-state index in [1.54, 1.807) is 28.9 Å². The zero-order valence-electron chi connectivity index (χ0n) is 16.7. The van der Waals surface area contributed by atoms with Crippen molar-refractivity contribution in [2.45, 2.75) is 12.6 Å². The maximum Gasteiger partial charge on any atom is 0.254 e. The molecule has 1 aliphatic heterocycles. The molecule has 0 bridgehead atoms. The average molecular weight is 403 g/mol. The fraction of sp³-hybridized carbons (Fsp3) is 0.227. The van der Waals surface area contributed by atoms with Crippen LogP contribution in [0.5, 0.6) is 5.75 Å². The number of fused-ring (bicyclic) bond motifs is 4. The lowest BCUT2D eigenvalue weighted by molar-refractivity contribution is 0.0708. The van der Waals surface area contributed by atoms with E-state index in [-0.39, 0.29) is 18.6 Å². The minimum atomic E-state index is -0.197. The number of nitrogen functional groups attached to an aromatic ring is 1. The molecule has 8 heteroatoms. The van der Waals surface area contributed by atoms with Crippen LogP contribution in [-0.4, -0.2) is 44.3 Å².